The van der Waals surface area contributed by atoms with E-state index in [-0.39, 0.29) is 24.3 Å². The van der Waals surface area contributed by atoms with E-state index in [2.05, 4.69) is 28.2 Å². The minimum absolute atomic E-state index is 0.0858. The fourth-order valence-corrected chi connectivity index (χ4v) is 3.53. The van der Waals surface area contributed by atoms with E-state index >= 15 is 0 Å². The molecule has 0 aliphatic carbocycles. The van der Waals surface area contributed by atoms with Gasteiger partial charge in [0.1, 0.15) is 0 Å². The summed E-state index contributed by atoms with van der Waals surface area (Å²) in [4.78, 5) is 40.0. The molecule has 2 heterocycles. The zero-order valence-electron chi connectivity index (χ0n) is 13.5. The first-order chi connectivity index (χ1) is 11.5. The summed E-state index contributed by atoms with van der Waals surface area (Å²) in [5.74, 6) is -0.465. The monoisotopic (exact) mass is 393 g/mol. The van der Waals surface area contributed by atoms with E-state index < -0.39 is 0 Å². The number of nitrogens with one attached hydrogen (secondary N) is 1. The summed E-state index contributed by atoms with van der Waals surface area (Å²) >= 11 is 3.32. The molecule has 0 spiro atoms. The molecular weight excluding hydrogens is 374 g/mol. The molecule has 1 atom stereocenters. The lowest BCUT2D eigenvalue weighted by Crippen LogP contribution is -2.51. The number of carbonyl (C=O) groups excluding carboxylic acids is 3. The van der Waals surface area contributed by atoms with Gasteiger partial charge in [-0.25, -0.2) is 0 Å². The molecule has 1 saturated heterocycles. The Bertz CT molecular complexity index is 692. The largest absolute Gasteiger partial charge is 0.340 e. The number of benzene rings is 1. The summed E-state index contributed by atoms with van der Waals surface area (Å²) in [7, 11) is 0. The third kappa shape index (κ3) is 3.37. The van der Waals surface area contributed by atoms with Gasteiger partial charge in [0, 0.05) is 43.1 Å². The van der Waals surface area contributed by atoms with Gasteiger partial charge in [-0.3, -0.25) is 19.3 Å². The van der Waals surface area contributed by atoms with Gasteiger partial charge >= 0.3 is 0 Å². The summed E-state index contributed by atoms with van der Waals surface area (Å²) in [5, 5.41) is 3.30. The second-order valence-corrected chi connectivity index (χ2v) is 7.17. The maximum absolute atomic E-state index is 12.4. The molecule has 2 aliphatic rings. The number of amides is 3. The van der Waals surface area contributed by atoms with Crippen LogP contribution in [0.25, 0.3) is 0 Å². The van der Waals surface area contributed by atoms with Gasteiger partial charge in [-0.15, -0.1) is 0 Å². The van der Waals surface area contributed by atoms with Crippen LogP contribution in [0, 0.1) is 0 Å². The van der Waals surface area contributed by atoms with Crippen LogP contribution in [0.3, 0.4) is 0 Å². The smallest absolute Gasteiger partial charge is 0.261 e. The molecule has 1 unspecified atom stereocenters. The standard InChI is InChI=1S/C17H20BrN3O3/c1-11-10-20(8-6-19-11)15(22)3-2-7-21-16(23)13-5-4-12(18)9-14(13)17(21)24/h4-5,9,11,19H,2-3,6-8,10H2,1H3. The molecule has 6 nitrogen and oxygen atoms in total. The van der Waals surface area contributed by atoms with Crippen LogP contribution in [0.5, 0.6) is 0 Å². The van der Waals surface area contributed by atoms with E-state index in [1.807, 2.05) is 4.90 Å². The van der Waals surface area contributed by atoms with Gasteiger partial charge in [-0.1, -0.05) is 15.9 Å². The van der Waals surface area contributed by atoms with Crippen molar-refractivity contribution in [1.82, 2.24) is 15.1 Å². The summed E-state index contributed by atoms with van der Waals surface area (Å²) in [6.07, 6.45) is 0.841. The zero-order chi connectivity index (χ0) is 17.3. The third-order valence-corrected chi connectivity index (χ3v) is 4.92. The lowest BCUT2D eigenvalue weighted by atomic mass is 10.1. The molecule has 3 amide bonds. The van der Waals surface area contributed by atoms with Crippen molar-refractivity contribution in [1.29, 1.82) is 0 Å². The van der Waals surface area contributed by atoms with Crippen LogP contribution in [0.1, 0.15) is 40.5 Å². The quantitative estimate of drug-likeness (QED) is 0.789. The molecule has 1 N–H and O–H groups in total. The van der Waals surface area contributed by atoms with Gasteiger partial charge in [0.15, 0.2) is 0 Å². The van der Waals surface area contributed by atoms with Crippen molar-refractivity contribution in [2.45, 2.75) is 25.8 Å². The normalized spacial score (nSPS) is 20.5. The van der Waals surface area contributed by atoms with E-state index in [9.17, 15) is 14.4 Å². The van der Waals surface area contributed by atoms with E-state index in [0.717, 1.165) is 11.0 Å². The van der Waals surface area contributed by atoms with E-state index in [0.29, 0.717) is 43.1 Å². The molecule has 1 fully saturated rings. The maximum atomic E-state index is 12.4. The molecule has 0 radical (unpaired) electrons. The van der Waals surface area contributed by atoms with Crippen molar-refractivity contribution in [3.8, 4) is 0 Å². The SMILES string of the molecule is CC1CN(C(=O)CCCN2C(=O)c3ccc(Br)cc3C2=O)CCN1. The maximum Gasteiger partial charge on any atom is 0.261 e. The number of piperazine rings is 1. The van der Waals surface area contributed by atoms with Crippen LogP contribution in [0.2, 0.25) is 0 Å². The molecule has 1 aromatic rings. The molecule has 0 aromatic heterocycles. The van der Waals surface area contributed by atoms with Crippen molar-refractivity contribution < 1.29 is 14.4 Å². The number of rotatable bonds is 4. The van der Waals surface area contributed by atoms with Crippen molar-refractivity contribution in [2.75, 3.05) is 26.2 Å². The highest BCUT2D eigenvalue weighted by atomic mass is 79.9. The van der Waals surface area contributed by atoms with Crippen LogP contribution >= 0.6 is 15.9 Å². The number of nitrogens with zero attached hydrogens (tertiary/aromatic N) is 2. The molecule has 24 heavy (non-hydrogen) atoms. The summed E-state index contributed by atoms with van der Waals surface area (Å²) in [6, 6.07) is 5.38. The summed E-state index contributed by atoms with van der Waals surface area (Å²) in [6.45, 7) is 4.55. The topological polar surface area (TPSA) is 69.7 Å². The van der Waals surface area contributed by atoms with E-state index in [4.69, 9.17) is 0 Å². The van der Waals surface area contributed by atoms with Crippen molar-refractivity contribution >= 4 is 33.7 Å². The number of halogens is 1. The number of imide groups is 1. The lowest BCUT2D eigenvalue weighted by Gasteiger charge is -2.32. The average Bonchev–Trinajstić information content (AvgIpc) is 2.79. The summed E-state index contributed by atoms with van der Waals surface area (Å²) < 4.78 is 0.771. The Balaban J connectivity index is 1.55. The molecule has 2 aliphatic heterocycles. The molecule has 0 saturated carbocycles. The van der Waals surface area contributed by atoms with Crippen molar-refractivity contribution in [3.63, 3.8) is 0 Å². The molecule has 3 rings (SSSR count). The molecule has 7 heteroatoms. The van der Waals surface area contributed by atoms with Gasteiger partial charge in [0.25, 0.3) is 11.8 Å². The highest BCUT2D eigenvalue weighted by Crippen LogP contribution is 2.26. The second-order valence-electron chi connectivity index (χ2n) is 6.25. The van der Waals surface area contributed by atoms with E-state index in [1.165, 1.54) is 4.90 Å². The van der Waals surface area contributed by atoms with Gasteiger partial charge in [0.2, 0.25) is 5.91 Å². The van der Waals surface area contributed by atoms with Crippen LogP contribution < -0.4 is 5.32 Å². The van der Waals surface area contributed by atoms with Crippen LogP contribution in [-0.2, 0) is 4.79 Å². The fraction of sp³-hybridized carbons (Fsp3) is 0.471. The first-order valence-corrected chi connectivity index (χ1v) is 8.93. The predicted octanol–water partition coefficient (Wildman–Crippen LogP) is 1.65. The van der Waals surface area contributed by atoms with Gasteiger partial charge in [0.05, 0.1) is 11.1 Å². The second kappa shape index (κ2) is 7.03. The highest BCUT2D eigenvalue weighted by molar-refractivity contribution is 9.10. The van der Waals surface area contributed by atoms with Gasteiger partial charge < -0.3 is 10.2 Å². The Morgan fingerprint density at radius 1 is 1.29 bits per heavy atom. The van der Waals surface area contributed by atoms with Crippen molar-refractivity contribution in [3.05, 3.63) is 33.8 Å². The number of hydrogen-bond acceptors (Lipinski definition) is 4. The predicted molar refractivity (Wildman–Crippen MR) is 92.8 cm³/mol. The van der Waals surface area contributed by atoms with Crippen LogP contribution in [-0.4, -0.2) is 59.7 Å². The first-order valence-electron chi connectivity index (χ1n) is 8.14. The van der Waals surface area contributed by atoms with E-state index in [1.54, 1.807) is 18.2 Å². The lowest BCUT2D eigenvalue weighted by molar-refractivity contribution is -0.132. The first kappa shape index (κ1) is 17.1. The minimum atomic E-state index is -0.278. The minimum Gasteiger partial charge on any atom is -0.340 e. The molecule has 128 valence electrons. The number of hydrogen-bond donors (Lipinski definition) is 1. The third-order valence-electron chi connectivity index (χ3n) is 4.43. The molecule has 0 bridgehead atoms. The average molecular weight is 394 g/mol. The fourth-order valence-electron chi connectivity index (χ4n) is 3.17. The Labute approximate surface area is 149 Å². The Morgan fingerprint density at radius 3 is 2.79 bits per heavy atom. The van der Waals surface area contributed by atoms with Gasteiger partial charge in [-0.05, 0) is 31.5 Å². The van der Waals surface area contributed by atoms with Crippen molar-refractivity contribution in [2.24, 2.45) is 0 Å². The number of carbonyl (C=O) groups is 3. The Kier molecular flexibility index (Phi) is 5.01. The zero-order valence-corrected chi connectivity index (χ0v) is 15.1. The molecular formula is C17H20BrN3O3. The highest BCUT2D eigenvalue weighted by Gasteiger charge is 2.35. The Morgan fingerprint density at radius 2 is 2.04 bits per heavy atom. The Hall–Kier alpha value is -1.73. The van der Waals surface area contributed by atoms with Gasteiger partial charge in [-0.2, -0.15) is 0 Å². The number of fused-ring (bicyclic) bond motifs is 1. The summed E-state index contributed by atoms with van der Waals surface area (Å²) in [5.41, 5.74) is 0.863. The molecule has 1 aromatic carbocycles. The van der Waals surface area contributed by atoms with Crippen LogP contribution in [0.4, 0.5) is 0 Å². The van der Waals surface area contributed by atoms with Crippen LogP contribution in [0.15, 0.2) is 22.7 Å².